The van der Waals surface area contributed by atoms with Gasteiger partial charge in [0, 0.05) is 13.7 Å². The van der Waals surface area contributed by atoms with Gasteiger partial charge in [0.2, 0.25) is 0 Å². The standard InChI is InChI=1S/C13H23NO5/c1-9(12(15)16)7-14-13(17)19-8-10-3-5-11(18-2)6-4-10/h9-11H,3-8H2,1-2H3,(H,14,17)(H,15,16). The van der Waals surface area contributed by atoms with Gasteiger partial charge in [-0.25, -0.2) is 4.79 Å². The summed E-state index contributed by atoms with van der Waals surface area (Å²) in [5.41, 5.74) is 0. The molecule has 6 nitrogen and oxygen atoms in total. The van der Waals surface area contributed by atoms with Crippen molar-refractivity contribution in [3.8, 4) is 0 Å². The van der Waals surface area contributed by atoms with Crippen LogP contribution in [0.25, 0.3) is 0 Å². The molecule has 0 heterocycles. The third kappa shape index (κ3) is 5.92. The number of carbonyl (C=O) groups excluding carboxylic acids is 1. The molecule has 0 spiro atoms. The molecule has 110 valence electrons. The Labute approximate surface area is 113 Å². The first kappa shape index (κ1) is 15.8. The largest absolute Gasteiger partial charge is 0.481 e. The molecule has 1 fully saturated rings. The number of aliphatic carboxylic acids is 1. The molecule has 6 heteroatoms. The molecule has 0 saturated heterocycles. The lowest BCUT2D eigenvalue weighted by atomic mass is 9.88. The van der Waals surface area contributed by atoms with Crippen LogP contribution < -0.4 is 5.32 Å². The molecule has 0 bridgehead atoms. The topological polar surface area (TPSA) is 84.9 Å². The number of nitrogens with one attached hydrogen (secondary N) is 1. The molecular weight excluding hydrogens is 250 g/mol. The molecule has 1 unspecified atom stereocenters. The van der Waals surface area contributed by atoms with Gasteiger partial charge in [-0.05, 0) is 31.6 Å². The monoisotopic (exact) mass is 273 g/mol. The number of carboxylic acid groups (broad SMARTS) is 1. The van der Waals surface area contributed by atoms with Crippen molar-refractivity contribution < 1.29 is 24.2 Å². The lowest BCUT2D eigenvalue weighted by Crippen LogP contribution is -2.33. The van der Waals surface area contributed by atoms with E-state index in [4.69, 9.17) is 14.6 Å². The van der Waals surface area contributed by atoms with Crippen LogP contribution in [0.4, 0.5) is 4.79 Å². The Kier molecular flexibility index (Phi) is 6.62. The average Bonchev–Trinajstić information content (AvgIpc) is 2.42. The molecule has 1 atom stereocenters. The van der Waals surface area contributed by atoms with Crippen LogP contribution in [0.15, 0.2) is 0 Å². The van der Waals surface area contributed by atoms with Crippen LogP contribution in [-0.2, 0) is 14.3 Å². The molecule has 19 heavy (non-hydrogen) atoms. The molecule has 1 saturated carbocycles. The SMILES string of the molecule is COC1CCC(COC(=O)NCC(C)C(=O)O)CC1. The van der Waals surface area contributed by atoms with Crippen LogP contribution >= 0.6 is 0 Å². The molecule has 0 aliphatic heterocycles. The number of amides is 1. The number of carboxylic acids is 1. The van der Waals surface area contributed by atoms with Gasteiger partial charge in [0.25, 0.3) is 0 Å². The number of hydrogen-bond acceptors (Lipinski definition) is 4. The van der Waals surface area contributed by atoms with Gasteiger partial charge in [0.05, 0.1) is 18.6 Å². The van der Waals surface area contributed by atoms with Crippen LogP contribution in [0, 0.1) is 11.8 Å². The number of alkyl carbamates (subject to hydrolysis) is 1. The van der Waals surface area contributed by atoms with Crippen LogP contribution in [0.2, 0.25) is 0 Å². The molecule has 0 aromatic carbocycles. The van der Waals surface area contributed by atoms with E-state index < -0.39 is 18.0 Å². The Hall–Kier alpha value is -1.30. The minimum atomic E-state index is -0.932. The average molecular weight is 273 g/mol. The first-order valence-electron chi connectivity index (χ1n) is 6.69. The van der Waals surface area contributed by atoms with Gasteiger partial charge >= 0.3 is 12.1 Å². The van der Waals surface area contributed by atoms with Gasteiger partial charge in [-0.15, -0.1) is 0 Å². The molecule has 1 rings (SSSR count). The lowest BCUT2D eigenvalue weighted by Gasteiger charge is -2.27. The number of ether oxygens (including phenoxy) is 2. The van der Waals surface area contributed by atoms with Crippen LogP contribution in [0.5, 0.6) is 0 Å². The maximum Gasteiger partial charge on any atom is 0.407 e. The van der Waals surface area contributed by atoms with Gasteiger partial charge in [-0.1, -0.05) is 6.92 Å². The Bertz CT molecular complexity index is 299. The van der Waals surface area contributed by atoms with E-state index in [1.165, 1.54) is 6.92 Å². The summed E-state index contributed by atoms with van der Waals surface area (Å²) in [6, 6.07) is 0. The van der Waals surface area contributed by atoms with Crippen molar-refractivity contribution in [2.45, 2.75) is 38.7 Å². The summed E-state index contributed by atoms with van der Waals surface area (Å²) < 4.78 is 10.4. The quantitative estimate of drug-likeness (QED) is 0.768. The molecular formula is C13H23NO5. The zero-order valence-corrected chi connectivity index (χ0v) is 11.6. The summed E-state index contributed by atoms with van der Waals surface area (Å²) in [6.07, 6.45) is 3.79. The van der Waals surface area contributed by atoms with E-state index in [0.717, 1.165) is 25.7 Å². The molecule has 0 radical (unpaired) electrons. The highest BCUT2D eigenvalue weighted by Crippen LogP contribution is 2.25. The van der Waals surface area contributed by atoms with Gasteiger partial charge in [-0.3, -0.25) is 4.79 Å². The van der Waals surface area contributed by atoms with E-state index in [2.05, 4.69) is 5.32 Å². The van der Waals surface area contributed by atoms with Crippen molar-refractivity contribution >= 4 is 12.1 Å². The number of methoxy groups -OCH3 is 1. The van der Waals surface area contributed by atoms with Crippen molar-refractivity contribution in [3.63, 3.8) is 0 Å². The van der Waals surface area contributed by atoms with E-state index in [0.29, 0.717) is 18.6 Å². The minimum absolute atomic E-state index is 0.0879. The molecule has 0 aromatic heterocycles. The van der Waals surface area contributed by atoms with Crippen molar-refractivity contribution in [3.05, 3.63) is 0 Å². The predicted octanol–water partition coefficient (Wildman–Crippen LogP) is 1.64. The van der Waals surface area contributed by atoms with E-state index in [1.807, 2.05) is 0 Å². The Morgan fingerprint density at radius 1 is 1.32 bits per heavy atom. The minimum Gasteiger partial charge on any atom is -0.481 e. The van der Waals surface area contributed by atoms with Gasteiger partial charge in [0.1, 0.15) is 0 Å². The first-order chi connectivity index (χ1) is 9.02. The fraction of sp³-hybridized carbons (Fsp3) is 0.846. The molecule has 1 aliphatic carbocycles. The second kappa shape index (κ2) is 7.99. The predicted molar refractivity (Wildman–Crippen MR) is 68.9 cm³/mol. The smallest absolute Gasteiger partial charge is 0.407 e. The van der Waals surface area contributed by atoms with Crippen LogP contribution in [0.1, 0.15) is 32.6 Å². The van der Waals surface area contributed by atoms with Gasteiger partial charge < -0.3 is 19.9 Å². The van der Waals surface area contributed by atoms with Crippen molar-refractivity contribution in [1.82, 2.24) is 5.32 Å². The highest BCUT2D eigenvalue weighted by molar-refractivity contribution is 5.72. The third-order valence-corrected chi connectivity index (χ3v) is 3.55. The number of carbonyl (C=O) groups is 2. The number of rotatable bonds is 6. The highest BCUT2D eigenvalue weighted by atomic mass is 16.5. The second-order valence-electron chi connectivity index (χ2n) is 5.10. The summed E-state index contributed by atoms with van der Waals surface area (Å²) >= 11 is 0. The molecule has 1 amide bonds. The zero-order chi connectivity index (χ0) is 14.3. The Balaban J connectivity index is 2.12. The van der Waals surface area contributed by atoms with E-state index in [1.54, 1.807) is 7.11 Å². The van der Waals surface area contributed by atoms with E-state index in [9.17, 15) is 9.59 Å². The van der Waals surface area contributed by atoms with Crippen molar-refractivity contribution in [1.29, 1.82) is 0 Å². The zero-order valence-electron chi connectivity index (χ0n) is 11.6. The fourth-order valence-corrected chi connectivity index (χ4v) is 2.10. The van der Waals surface area contributed by atoms with Gasteiger partial charge in [0.15, 0.2) is 0 Å². The first-order valence-corrected chi connectivity index (χ1v) is 6.69. The lowest BCUT2D eigenvalue weighted by molar-refractivity contribution is -0.140. The third-order valence-electron chi connectivity index (χ3n) is 3.55. The summed E-state index contributed by atoms with van der Waals surface area (Å²) in [6.45, 7) is 2.02. The number of hydrogen-bond donors (Lipinski definition) is 2. The molecule has 2 N–H and O–H groups in total. The summed E-state index contributed by atoms with van der Waals surface area (Å²) in [5, 5.41) is 11.1. The van der Waals surface area contributed by atoms with Crippen molar-refractivity contribution in [2.75, 3.05) is 20.3 Å². The summed E-state index contributed by atoms with van der Waals surface area (Å²) in [5.74, 6) is -1.16. The van der Waals surface area contributed by atoms with Crippen LogP contribution in [-0.4, -0.2) is 43.5 Å². The van der Waals surface area contributed by atoms with Crippen LogP contribution in [0.3, 0.4) is 0 Å². The maximum atomic E-state index is 11.4. The van der Waals surface area contributed by atoms with E-state index >= 15 is 0 Å². The maximum absolute atomic E-state index is 11.4. The van der Waals surface area contributed by atoms with Crippen molar-refractivity contribution in [2.24, 2.45) is 11.8 Å². The summed E-state index contributed by atoms with van der Waals surface area (Å²) in [7, 11) is 1.72. The highest BCUT2D eigenvalue weighted by Gasteiger charge is 2.22. The molecule has 1 aliphatic rings. The normalized spacial score (nSPS) is 24.5. The Morgan fingerprint density at radius 2 is 1.95 bits per heavy atom. The van der Waals surface area contributed by atoms with E-state index in [-0.39, 0.29) is 6.54 Å². The second-order valence-corrected chi connectivity index (χ2v) is 5.10. The molecule has 0 aromatic rings. The Morgan fingerprint density at radius 3 is 2.47 bits per heavy atom. The fourth-order valence-electron chi connectivity index (χ4n) is 2.10. The summed E-state index contributed by atoms with van der Waals surface area (Å²) in [4.78, 5) is 22.0. The van der Waals surface area contributed by atoms with Gasteiger partial charge in [-0.2, -0.15) is 0 Å².